The van der Waals surface area contributed by atoms with Gasteiger partial charge in [-0.15, -0.1) is 10.2 Å². The van der Waals surface area contributed by atoms with E-state index in [1.165, 1.54) is 0 Å². The van der Waals surface area contributed by atoms with Crippen molar-refractivity contribution in [3.05, 3.63) is 59.1 Å². The van der Waals surface area contributed by atoms with E-state index in [9.17, 15) is 13.6 Å². The normalized spacial score (nSPS) is 10.7. The molecule has 0 unspecified atom stereocenters. The average molecular weight is 382 g/mol. The highest BCUT2D eigenvalue weighted by molar-refractivity contribution is 7.99. The zero-order valence-electron chi connectivity index (χ0n) is 12.5. The number of thioether (sulfide) groups is 1. The lowest BCUT2D eigenvalue weighted by molar-refractivity contribution is -0.113. The van der Waals surface area contributed by atoms with Crippen LogP contribution in [-0.4, -0.2) is 21.9 Å². The zero-order chi connectivity index (χ0) is 17.8. The van der Waals surface area contributed by atoms with Gasteiger partial charge in [0.25, 0.3) is 5.22 Å². The first kappa shape index (κ1) is 17.4. The summed E-state index contributed by atoms with van der Waals surface area (Å²) in [7, 11) is 0. The smallest absolute Gasteiger partial charge is 0.277 e. The number of aromatic nitrogens is 2. The van der Waals surface area contributed by atoms with Crippen LogP contribution in [0.5, 0.6) is 0 Å². The third kappa shape index (κ3) is 4.55. The third-order valence-corrected chi connectivity index (χ3v) is 4.06. The van der Waals surface area contributed by atoms with Crippen LogP contribution in [0.3, 0.4) is 0 Å². The Kier molecular flexibility index (Phi) is 5.30. The van der Waals surface area contributed by atoms with E-state index < -0.39 is 17.5 Å². The lowest BCUT2D eigenvalue weighted by Gasteiger charge is -2.05. The van der Waals surface area contributed by atoms with Crippen LogP contribution in [0.2, 0.25) is 5.02 Å². The van der Waals surface area contributed by atoms with E-state index in [1.807, 2.05) is 0 Å². The minimum Gasteiger partial charge on any atom is -0.411 e. The minimum absolute atomic E-state index is 0.0754. The number of rotatable bonds is 5. The van der Waals surface area contributed by atoms with Gasteiger partial charge >= 0.3 is 0 Å². The second kappa shape index (κ2) is 7.62. The topological polar surface area (TPSA) is 68.0 Å². The fourth-order valence-electron chi connectivity index (χ4n) is 1.91. The second-order valence-electron chi connectivity index (χ2n) is 4.84. The molecule has 0 saturated carbocycles. The van der Waals surface area contributed by atoms with Gasteiger partial charge in [-0.2, -0.15) is 0 Å². The molecular weight excluding hydrogens is 372 g/mol. The molecule has 0 aliphatic heterocycles. The number of halogens is 3. The van der Waals surface area contributed by atoms with E-state index in [2.05, 4.69) is 15.5 Å². The first-order chi connectivity index (χ1) is 12.0. The van der Waals surface area contributed by atoms with Crippen molar-refractivity contribution in [1.29, 1.82) is 0 Å². The Balaban J connectivity index is 1.59. The summed E-state index contributed by atoms with van der Waals surface area (Å²) in [5.74, 6) is -1.86. The fraction of sp³-hybridized carbons (Fsp3) is 0.0625. The lowest BCUT2D eigenvalue weighted by Crippen LogP contribution is -2.15. The number of anilines is 1. The first-order valence-electron chi connectivity index (χ1n) is 6.98. The fourth-order valence-corrected chi connectivity index (χ4v) is 2.66. The van der Waals surface area contributed by atoms with Crippen LogP contribution >= 0.6 is 23.4 Å². The van der Waals surface area contributed by atoms with Crippen molar-refractivity contribution in [2.45, 2.75) is 5.22 Å². The van der Waals surface area contributed by atoms with E-state index in [0.717, 1.165) is 23.9 Å². The molecule has 0 spiro atoms. The predicted octanol–water partition coefficient (Wildman–Crippen LogP) is 4.40. The quantitative estimate of drug-likeness (QED) is 0.663. The summed E-state index contributed by atoms with van der Waals surface area (Å²) in [5.41, 5.74) is 0.557. The van der Waals surface area contributed by atoms with Gasteiger partial charge in [0.2, 0.25) is 11.8 Å². The highest BCUT2D eigenvalue weighted by Crippen LogP contribution is 2.25. The van der Waals surface area contributed by atoms with Crippen molar-refractivity contribution in [3.63, 3.8) is 0 Å². The Morgan fingerprint density at radius 2 is 2.04 bits per heavy atom. The molecule has 1 N–H and O–H groups in total. The molecule has 3 rings (SSSR count). The van der Waals surface area contributed by atoms with Crippen LogP contribution in [0.4, 0.5) is 14.5 Å². The van der Waals surface area contributed by atoms with Crippen LogP contribution in [0, 0.1) is 11.6 Å². The van der Waals surface area contributed by atoms with Gasteiger partial charge < -0.3 is 9.73 Å². The molecule has 9 heteroatoms. The van der Waals surface area contributed by atoms with E-state index >= 15 is 0 Å². The summed E-state index contributed by atoms with van der Waals surface area (Å²) in [4.78, 5) is 11.8. The maximum atomic E-state index is 13.5. The molecule has 25 heavy (non-hydrogen) atoms. The van der Waals surface area contributed by atoms with Crippen LogP contribution < -0.4 is 5.32 Å². The summed E-state index contributed by atoms with van der Waals surface area (Å²) in [5, 5.41) is 10.8. The second-order valence-corrected chi connectivity index (χ2v) is 6.21. The summed E-state index contributed by atoms with van der Waals surface area (Å²) < 4.78 is 31.8. The Morgan fingerprint density at radius 3 is 2.80 bits per heavy atom. The van der Waals surface area contributed by atoms with E-state index in [-0.39, 0.29) is 22.6 Å². The molecule has 0 fully saturated rings. The molecule has 0 aliphatic rings. The van der Waals surface area contributed by atoms with Gasteiger partial charge in [0.05, 0.1) is 11.4 Å². The van der Waals surface area contributed by atoms with Gasteiger partial charge in [0.1, 0.15) is 11.6 Å². The summed E-state index contributed by atoms with van der Waals surface area (Å²) >= 11 is 6.90. The van der Waals surface area contributed by atoms with E-state index in [1.54, 1.807) is 24.3 Å². The molecule has 0 atom stereocenters. The number of carbonyl (C=O) groups excluding carboxylic acids is 1. The molecule has 0 bridgehead atoms. The molecule has 0 aliphatic carbocycles. The van der Waals surface area contributed by atoms with Crippen LogP contribution in [-0.2, 0) is 4.79 Å². The summed E-state index contributed by atoms with van der Waals surface area (Å²) in [6.45, 7) is 0. The van der Waals surface area contributed by atoms with Gasteiger partial charge in [-0.25, -0.2) is 8.78 Å². The highest BCUT2D eigenvalue weighted by Gasteiger charge is 2.13. The molecule has 0 saturated heterocycles. The molecule has 0 radical (unpaired) electrons. The van der Waals surface area contributed by atoms with Crippen molar-refractivity contribution in [2.75, 3.05) is 11.1 Å². The average Bonchev–Trinajstić information content (AvgIpc) is 3.05. The van der Waals surface area contributed by atoms with Gasteiger partial charge in [-0.05, 0) is 30.3 Å². The molecule has 5 nitrogen and oxygen atoms in total. The van der Waals surface area contributed by atoms with Crippen LogP contribution in [0.15, 0.2) is 52.1 Å². The number of benzene rings is 2. The molecule has 1 aromatic heterocycles. The minimum atomic E-state index is -0.848. The number of hydrogen-bond donors (Lipinski definition) is 1. The number of amides is 1. The maximum absolute atomic E-state index is 13.5. The van der Waals surface area contributed by atoms with Crippen molar-refractivity contribution < 1.29 is 18.0 Å². The molecular formula is C16H10ClF2N3O2S. The Hall–Kier alpha value is -2.45. The molecule has 2 aromatic carbocycles. The summed E-state index contributed by atoms with van der Waals surface area (Å²) in [6.07, 6.45) is 0. The monoisotopic (exact) mass is 381 g/mol. The number of hydrogen-bond acceptors (Lipinski definition) is 5. The summed E-state index contributed by atoms with van der Waals surface area (Å²) in [6, 6.07) is 9.80. The van der Waals surface area contributed by atoms with Crippen molar-refractivity contribution in [2.24, 2.45) is 0 Å². The molecule has 128 valence electrons. The van der Waals surface area contributed by atoms with Crippen LogP contribution in [0.25, 0.3) is 11.5 Å². The van der Waals surface area contributed by atoms with Crippen molar-refractivity contribution >= 4 is 35.0 Å². The largest absolute Gasteiger partial charge is 0.411 e. The number of nitrogens with one attached hydrogen (secondary N) is 1. The standard InChI is InChI=1S/C16H10ClF2N3O2S/c17-10-3-1-2-9(6-10)15-21-22-16(24-15)25-8-14(23)20-13-5-4-11(18)7-12(13)19/h1-7H,8H2,(H,20,23). The third-order valence-electron chi connectivity index (χ3n) is 3.01. The lowest BCUT2D eigenvalue weighted by atomic mass is 10.2. The van der Waals surface area contributed by atoms with Gasteiger partial charge in [0, 0.05) is 16.7 Å². The SMILES string of the molecule is O=C(CSc1nnc(-c2cccc(Cl)c2)o1)Nc1ccc(F)cc1F. The van der Waals surface area contributed by atoms with Crippen LogP contribution in [0.1, 0.15) is 0 Å². The number of carbonyl (C=O) groups is 1. The Labute approximate surface area is 150 Å². The molecule has 1 heterocycles. The zero-order valence-corrected chi connectivity index (χ0v) is 14.1. The Bertz CT molecular complexity index is 920. The Morgan fingerprint density at radius 1 is 1.20 bits per heavy atom. The highest BCUT2D eigenvalue weighted by atomic mass is 35.5. The maximum Gasteiger partial charge on any atom is 0.277 e. The van der Waals surface area contributed by atoms with Crippen molar-refractivity contribution in [3.8, 4) is 11.5 Å². The first-order valence-corrected chi connectivity index (χ1v) is 8.35. The predicted molar refractivity (Wildman–Crippen MR) is 90.5 cm³/mol. The van der Waals surface area contributed by atoms with Gasteiger partial charge in [-0.3, -0.25) is 4.79 Å². The molecule has 3 aromatic rings. The van der Waals surface area contributed by atoms with E-state index in [4.69, 9.17) is 16.0 Å². The van der Waals surface area contributed by atoms with E-state index in [0.29, 0.717) is 16.7 Å². The van der Waals surface area contributed by atoms with Gasteiger partial charge in [-0.1, -0.05) is 29.4 Å². The number of nitrogens with zero attached hydrogens (tertiary/aromatic N) is 2. The molecule has 1 amide bonds. The van der Waals surface area contributed by atoms with Gasteiger partial charge in [0.15, 0.2) is 0 Å². The van der Waals surface area contributed by atoms with Crippen molar-refractivity contribution in [1.82, 2.24) is 10.2 Å².